The summed E-state index contributed by atoms with van der Waals surface area (Å²) in [5.41, 5.74) is 0.679. The summed E-state index contributed by atoms with van der Waals surface area (Å²) in [7, 11) is 0. The van der Waals surface area contributed by atoms with E-state index in [-0.39, 0.29) is 18.2 Å². The third kappa shape index (κ3) is 5.96. The number of hydrogen-bond donors (Lipinski definition) is 3. The molecule has 2 aromatic rings. The summed E-state index contributed by atoms with van der Waals surface area (Å²) in [6.45, 7) is 1.45. The molecule has 0 saturated heterocycles. The minimum absolute atomic E-state index is 0.117. The minimum Gasteiger partial charge on any atom is -0.508 e. The first-order chi connectivity index (χ1) is 13.4. The number of carbonyl (C=O) groups is 1. The standard InChI is InChI=1S/C22H26ClNO4/c23-19-5-1-16(2-6-19)13-28-14-17-9-11-22(27,12-10-17)15-24-21(26)18-3-7-20(25)8-4-18/h1-8,17,25,27H,9-15H2,(H,24,26)/t17-,22-. The van der Waals surface area contributed by atoms with Crippen molar-refractivity contribution in [3.05, 3.63) is 64.7 Å². The van der Waals surface area contributed by atoms with Gasteiger partial charge in [0.15, 0.2) is 0 Å². The normalized spacial score (nSPS) is 22.0. The molecule has 0 aromatic heterocycles. The maximum atomic E-state index is 12.2. The highest BCUT2D eigenvalue weighted by atomic mass is 35.5. The summed E-state index contributed by atoms with van der Waals surface area (Å²) in [4.78, 5) is 12.2. The van der Waals surface area contributed by atoms with Gasteiger partial charge in [0.05, 0.1) is 12.2 Å². The molecule has 0 unspecified atom stereocenters. The summed E-state index contributed by atoms with van der Waals surface area (Å²) in [5.74, 6) is 0.286. The van der Waals surface area contributed by atoms with Gasteiger partial charge in [0, 0.05) is 23.7 Å². The molecule has 0 heterocycles. The van der Waals surface area contributed by atoms with E-state index in [9.17, 15) is 15.0 Å². The molecule has 0 bridgehead atoms. The average molecular weight is 404 g/mol. The third-order valence-electron chi connectivity index (χ3n) is 5.28. The quantitative estimate of drug-likeness (QED) is 0.654. The Morgan fingerprint density at radius 3 is 2.39 bits per heavy atom. The van der Waals surface area contributed by atoms with Crippen molar-refractivity contribution in [2.45, 2.75) is 37.9 Å². The van der Waals surface area contributed by atoms with Gasteiger partial charge in [-0.25, -0.2) is 0 Å². The molecule has 0 radical (unpaired) electrons. The molecule has 6 heteroatoms. The first-order valence-electron chi connectivity index (χ1n) is 9.55. The van der Waals surface area contributed by atoms with Gasteiger partial charge in [-0.2, -0.15) is 0 Å². The number of amides is 1. The van der Waals surface area contributed by atoms with Crippen LogP contribution in [0.25, 0.3) is 0 Å². The van der Waals surface area contributed by atoms with E-state index in [0.29, 0.717) is 42.6 Å². The van der Waals surface area contributed by atoms with E-state index in [4.69, 9.17) is 16.3 Å². The molecule has 2 aromatic carbocycles. The Morgan fingerprint density at radius 1 is 1.11 bits per heavy atom. The van der Waals surface area contributed by atoms with E-state index in [0.717, 1.165) is 18.4 Å². The number of benzene rings is 2. The zero-order chi connectivity index (χ0) is 20.0. The maximum Gasteiger partial charge on any atom is 0.251 e. The second-order valence-corrected chi connectivity index (χ2v) is 7.98. The van der Waals surface area contributed by atoms with Crippen molar-refractivity contribution in [2.75, 3.05) is 13.2 Å². The summed E-state index contributed by atoms with van der Waals surface area (Å²) in [5, 5.41) is 23.6. The molecule has 0 spiro atoms. The van der Waals surface area contributed by atoms with Crippen LogP contribution in [0, 0.1) is 5.92 Å². The van der Waals surface area contributed by atoms with Crippen LogP contribution in [0.5, 0.6) is 5.75 Å². The van der Waals surface area contributed by atoms with Crippen molar-refractivity contribution in [2.24, 2.45) is 5.92 Å². The Morgan fingerprint density at radius 2 is 1.75 bits per heavy atom. The van der Waals surface area contributed by atoms with E-state index >= 15 is 0 Å². The molecule has 1 saturated carbocycles. The maximum absolute atomic E-state index is 12.2. The van der Waals surface area contributed by atoms with Gasteiger partial charge >= 0.3 is 0 Å². The number of carbonyl (C=O) groups excluding carboxylic acids is 1. The molecular formula is C22H26ClNO4. The van der Waals surface area contributed by atoms with Gasteiger partial charge in [-0.05, 0) is 73.6 Å². The van der Waals surface area contributed by atoms with Gasteiger partial charge in [-0.1, -0.05) is 23.7 Å². The monoisotopic (exact) mass is 403 g/mol. The van der Waals surface area contributed by atoms with Crippen LogP contribution < -0.4 is 5.32 Å². The molecule has 1 aliphatic carbocycles. The van der Waals surface area contributed by atoms with E-state index < -0.39 is 5.60 Å². The van der Waals surface area contributed by atoms with Crippen LogP contribution in [0.4, 0.5) is 0 Å². The van der Waals surface area contributed by atoms with E-state index in [1.54, 1.807) is 12.1 Å². The third-order valence-corrected chi connectivity index (χ3v) is 5.53. The smallest absolute Gasteiger partial charge is 0.251 e. The molecule has 5 nitrogen and oxygen atoms in total. The highest BCUT2D eigenvalue weighted by molar-refractivity contribution is 6.30. The topological polar surface area (TPSA) is 78.8 Å². The molecule has 150 valence electrons. The van der Waals surface area contributed by atoms with Gasteiger partial charge < -0.3 is 20.3 Å². The molecule has 1 amide bonds. The van der Waals surface area contributed by atoms with Crippen LogP contribution in [0.15, 0.2) is 48.5 Å². The lowest BCUT2D eigenvalue weighted by atomic mass is 9.79. The number of ether oxygens (including phenoxy) is 1. The number of halogens is 1. The fourth-order valence-corrected chi connectivity index (χ4v) is 3.57. The molecule has 0 aliphatic heterocycles. The first kappa shape index (κ1) is 20.6. The number of phenols is 1. The summed E-state index contributed by atoms with van der Waals surface area (Å²) >= 11 is 5.88. The van der Waals surface area contributed by atoms with Crippen LogP contribution in [0.3, 0.4) is 0 Å². The zero-order valence-corrected chi connectivity index (χ0v) is 16.5. The Balaban J connectivity index is 1.38. The van der Waals surface area contributed by atoms with Crippen molar-refractivity contribution in [1.29, 1.82) is 0 Å². The number of phenolic OH excluding ortho intramolecular Hbond substituents is 1. The second-order valence-electron chi connectivity index (χ2n) is 7.54. The van der Waals surface area contributed by atoms with Crippen LogP contribution in [-0.4, -0.2) is 34.9 Å². The van der Waals surface area contributed by atoms with Crippen molar-refractivity contribution < 1.29 is 19.7 Å². The number of hydrogen-bond acceptors (Lipinski definition) is 4. The van der Waals surface area contributed by atoms with E-state index in [1.165, 1.54) is 12.1 Å². The molecule has 28 heavy (non-hydrogen) atoms. The Hall–Kier alpha value is -2.08. The Labute approximate surface area is 170 Å². The van der Waals surface area contributed by atoms with E-state index in [1.807, 2.05) is 24.3 Å². The molecule has 1 aliphatic rings. The van der Waals surface area contributed by atoms with Crippen LogP contribution in [0.2, 0.25) is 5.02 Å². The van der Waals surface area contributed by atoms with Gasteiger partial charge in [0.25, 0.3) is 5.91 Å². The van der Waals surface area contributed by atoms with E-state index in [2.05, 4.69) is 5.32 Å². The summed E-state index contributed by atoms with van der Waals surface area (Å²) in [6, 6.07) is 13.7. The lowest BCUT2D eigenvalue weighted by molar-refractivity contribution is -0.0238. The fraction of sp³-hybridized carbons (Fsp3) is 0.409. The molecular weight excluding hydrogens is 378 g/mol. The average Bonchev–Trinajstić information content (AvgIpc) is 2.70. The molecule has 3 rings (SSSR count). The predicted octanol–water partition coefficient (Wildman–Crippen LogP) is 3.91. The summed E-state index contributed by atoms with van der Waals surface area (Å²) in [6.07, 6.45) is 3.01. The highest BCUT2D eigenvalue weighted by Gasteiger charge is 2.33. The van der Waals surface area contributed by atoms with Crippen molar-refractivity contribution in [3.63, 3.8) is 0 Å². The van der Waals surface area contributed by atoms with Crippen molar-refractivity contribution >= 4 is 17.5 Å². The van der Waals surface area contributed by atoms with Gasteiger partial charge in [0.1, 0.15) is 5.75 Å². The largest absolute Gasteiger partial charge is 0.508 e. The number of aromatic hydroxyl groups is 1. The second kappa shape index (κ2) is 9.41. The van der Waals surface area contributed by atoms with Crippen LogP contribution in [0.1, 0.15) is 41.6 Å². The fourth-order valence-electron chi connectivity index (χ4n) is 3.44. The minimum atomic E-state index is -0.876. The van der Waals surface area contributed by atoms with Gasteiger partial charge in [-0.3, -0.25) is 4.79 Å². The lowest BCUT2D eigenvalue weighted by Crippen LogP contribution is -2.45. The number of aliphatic hydroxyl groups is 1. The molecule has 1 fully saturated rings. The molecule has 3 N–H and O–H groups in total. The number of rotatable bonds is 7. The zero-order valence-electron chi connectivity index (χ0n) is 15.7. The van der Waals surface area contributed by atoms with Gasteiger partial charge in [-0.15, -0.1) is 0 Å². The van der Waals surface area contributed by atoms with Crippen molar-refractivity contribution in [3.8, 4) is 5.75 Å². The SMILES string of the molecule is O=C(NC[C@]1(O)CC[C@H](COCc2ccc(Cl)cc2)CC1)c1ccc(O)cc1. The summed E-state index contributed by atoms with van der Waals surface area (Å²) < 4.78 is 5.82. The number of nitrogens with one attached hydrogen (secondary N) is 1. The van der Waals surface area contributed by atoms with Gasteiger partial charge in [0.2, 0.25) is 0 Å². The Kier molecular flexibility index (Phi) is 6.94. The van der Waals surface area contributed by atoms with Crippen LogP contribution in [-0.2, 0) is 11.3 Å². The Bertz CT molecular complexity index is 768. The predicted molar refractivity (Wildman–Crippen MR) is 108 cm³/mol. The van der Waals surface area contributed by atoms with Crippen molar-refractivity contribution in [1.82, 2.24) is 5.32 Å². The first-order valence-corrected chi connectivity index (χ1v) is 9.93. The molecule has 0 atom stereocenters. The highest BCUT2D eigenvalue weighted by Crippen LogP contribution is 2.32. The van der Waals surface area contributed by atoms with Crippen LogP contribution >= 0.6 is 11.6 Å². The lowest BCUT2D eigenvalue weighted by Gasteiger charge is -2.36.